The number of nitrogens with zero attached hydrogens (tertiary/aromatic N) is 3. The third kappa shape index (κ3) is 2.18. The van der Waals surface area contributed by atoms with E-state index in [4.69, 9.17) is 4.74 Å². The van der Waals surface area contributed by atoms with Gasteiger partial charge in [-0.3, -0.25) is 4.79 Å². The Labute approximate surface area is 99.0 Å². The predicted octanol–water partition coefficient (Wildman–Crippen LogP) is 1.67. The summed E-state index contributed by atoms with van der Waals surface area (Å²) in [4.78, 5) is 12.1. The van der Waals surface area contributed by atoms with Crippen LogP contribution in [0.25, 0.3) is 0 Å². The molecular formula is C12H13N3O2. The number of hydrogen-bond donors (Lipinski definition) is 0. The van der Waals surface area contributed by atoms with Crippen molar-refractivity contribution in [2.75, 3.05) is 6.61 Å². The summed E-state index contributed by atoms with van der Waals surface area (Å²) < 4.78 is 6.56. The lowest BCUT2D eigenvalue weighted by Gasteiger charge is -2.05. The first-order chi connectivity index (χ1) is 8.24. The van der Waals surface area contributed by atoms with Gasteiger partial charge in [0.25, 0.3) is 5.91 Å². The molecule has 88 valence electrons. The monoisotopic (exact) mass is 231 g/mol. The highest BCUT2D eigenvalue weighted by Crippen LogP contribution is 2.16. The van der Waals surface area contributed by atoms with E-state index in [0.717, 1.165) is 0 Å². The minimum absolute atomic E-state index is 0.241. The maximum absolute atomic E-state index is 12.1. The molecule has 0 aliphatic rings. The number of benzene rings is 1. The Morgan fingerprint density at radius 1 is 1.35 bits per heavy atom. The molecule has 1 aromatic heterocycles. The zero-order valence-electron chi connectivity index (χ0n) is 9.75. The van der Waals surface area contributed by atoms with Gasteiger partial charge in [0, 0.05) is 5.56 Å². The molecule has 0 radical (unpaired) electrons. The first-order valence-electron chi connectivity index (χ1n) is 5.39. The molecule has 0 saturated heterocycles. The molecule has 0 aliphatic heterocycles. The number of ether oxygens (including phenoxy) is 1. The van der Waals surface area contributed by atoms with E-state index in [0.29, 0.717) is 23.7 Å². The van der Waals surface area contributed by atoms with E-state index in [2.05, 4.69) is 10.3 Å². The van der Waals surface area contributed by atoms with E-state index in [1.165, 1.54) is 4.68 Å². The van der Waals surface area contributed by atoms with Gasteiger partial charge < -0.3 is 4.74 Å². The van der Waals surface area contributed by atoms with Crippen LogP contribution >= 0.6 is 0 Å². The van der Waals surface area contributed by atoms with Gasteiger partial charge >= 0.3 is 0 Å². The van der Waals surface area contributed by atoms with Crippen LogP contribution in [0, 0.1) is 6.92 Å². The zero-order valence-corrected chi connectivity index (χ0v) is 9.75. The molecule has 0 saturated carbocycles. The summed E-state index contributed by atoms with van der Waals surface area (Å²) in [6.07, 6.45) is 0. The number of aryl methyl sites for hydroxylation is 1. The van der Waals surface area contributed by atoms with Crippen molar-refractivity contribution in [3.8, 4) is 5.88 Å². The molecule has 17 heavy (non-hydrogen) atoms. The Kier molecular flexibility index (Phi) is 3.18. The van der Waals surface area contributed by atoms with Gasteiger partial charge in [0.1, 0.15) is 5.69 Å². The van der Waals surface area contributed by atoms with Gasteiger partial charge in [-0.1, -0.05) is 23.4 Å². The van der Waals surface area contributed by atoms with E-state index in [9.17, 15) is 4.79 Å². The van der Waals surface area contributed by atoms with Gasteiger partial charge in [-0.25, -0.2) is 0 Å². The predicted molar refractivity (Wildman–Crippen MR) is 62.1 cm³/mol. The molecule has 0 unspecified atom stereocenters. The van der Waals surface area contributed by atoms with E-state index in [1.54, 1.807) is 31.2 Å². The van der Waals surface area contributed by atoms with Gasteiger partial charge in [-0.2, -0.15) is 0 Å². The van der Waals surface area contributed by atoms with E-state index < -0.39 is 0 Å². The standard InChI is InChI=1S/C12H13N3O2/c1-3-17-12-9(2)13-14-15(12)11(16)10-7-5-4-6-8-10/h4-8H,3H2,1-2H3. The highest BCUT2D eigenvalue weighted by molar-refractivity contribution is 5.96. The quantitative estimate of drug-likeness (QED) is 0.806. The Morgan fingerprint density at radius 3 is 2.71 bits per heavy atom. The topological polar surface area (TPSA) is 57.0 Å². The Balaban J connectivity index is 2.38. The van der Waals surface area contributed by atoms with Crippen LogP contribution in [0.15, 0.2) is 30.3 Å². The minimum atomic E-state index is -0.241. The van der Waals surface area contributed by atoms with Crippen LogP contribution in [-0.4, -0.2) is 27.5 Å². The normalized spacial score (nSPS) is 10.2. The van der Waals surface area contributed by atoms with Crippen LogP contribution in [0.2, 0.25) is 0 Å². The van der Waals surface area contributed by atoms with Crippen LogP contribution in [0.1, 0.15) is 23.0 Å². The molecule has 2 rings (SSSR count). The summed E-state index contributed by atoms with van der Waals surface area (Å²) >= 11 is 0. The molecule has 0 N–H and O–H groups in total. The Hall–Kier alpha value is -2.17. The second-order valence-corrected chi connectivity index (χ2v) is 3.50. The van der Waals surface area contributed by atoms with E-state index in [-0.39, 0.29) is 5.91 Å². The first kappa shape index (κ1) is 11.3. The lowest BCUT2D eigenvalue weighted by Crippen LogP contribution is -2.15. The molecule has 0 amide bonds. The van der Waals surface area contributed by atoms with Crippen molar-refractivity contribution in [1.82, 2.24) is 15.0 Å². The van der Waals surface area contributed by atoms with Crippen LogP contribution < -0.4 is 4.74 Å². The molecule has 5 heteroatoms. The Bertz CT molecular complexity index is 520. The Morgan fingerprint density at radius 2 is 2.06 bits per heavy atom. The molecule has 0 spiro atoms. The molecule has 1 aromatic carbocycles. The van der Waals surface area contributed by atoms with Gasteiger partial charge in [0.15, 0.2) is 0 Å². The summed E-state index contributed by atoms with van der Waals surface area (Å²) in [6, 6.07) is 8.92. The fourth-order valence-corrected chi connectivity index (χ4v) is 1.49. The van der Waals surface area contributed by atoms with Crippen molar-refractivity contribution >= 4 is 5.91 Å². The lowest BCUT2D eigenvalue weighted by molar-refractivity contribution is 0.0928. The zero-order chi connectivity index (χ0) is 12.3. The number of carbonyl (C=O) groups excluding carboxylic acids is 1. The van der Waals surface area contributed by atoms with Crippen LogP contribution in [0.3, 0.4) is 0 Å². The third-order valence-corrected chi connectivity index (χ3v) is 2.28. The fraction of sp³-hybridized carbons (Fsp3) is 0.250. The second-order valence-electron chi connectivity index (χ2n) is 3.50. The summed E-state index contributed by atoms with van der Waals surface area (Å²) in [5, 5.41) is 7.65. The number of hydrogen-bond acceptors (Lipinski definition) is 4. The van der Waals surface area contributed by atoms with Crippen molar-refractivity contribution in [3.05, 3.63) is 41.6 Å². The van der Waals surface area contributed by atoms with E-state index in [1.807, 2.05) is 13.0 Å². The van der Waals surface area contributed by atoms with Crippen molar-refractivity contribution in [2.24, 2.45) is 0 Å². The molecule has 0 fully saturated rings. The summed E-state index contributed by atoms with van der Waals surface area (Å²) in [7, 11) is 0. The largest absolute Gasteiger partial charge is 0.476 e. The lowest BCUT2D eigenvalue weighted by atomic mass is 10.2. The highest BCUT2D eigenvalue weighted by Gasteiger charge is 2.17. The number of carbonyl (C=O) groups is 1. The van der Waals surface area contributed by atoms with Crippen molar-refractivity contribution in [2.45, 2.75) is 13.8 Å². The minimum Gasteiger partial charge on any atom is -0.476 e. The van der Waals surface area contributed by atoms with Gasteiger partial charge in [-0.05, 0) is 26.0 Å². The van der Waals surface area contributed by atoms with Crippen LogP contribution in [0.4, 0.5) is 0 Å². The maximum atomic E-state index is 12.1. The van der Waals surface area contributed by atoms with Gasteiger partial charge in [-0.15, -0.1) is 9.78 Å². The van der Waals surface area contributed by atoms with Crippen molar-refractivity contribution < 1.29 is 9.53 Å². The van der Waals surface area contributed by atoms with Gasteiger partial charge in [0.05, 0.1) is 6.61 Å². The number of rotatable bonds is 3. The molecule has 0 atom stereocenters. The molecule has 5 nitrogen and oxygen atoms in total. The average molecular weight is 231 g/mol. The molecule has 2 aromatic rings. The van der Waals surface area contributed by atoms with Crippen LogP contribution in [0.5, 0.6) is 5.88 Å². The number of aromatic nitrogens is 3. The van der Waals surface area contributed by atoms with Crippen molar-refractivity contribution in [1.29, 1.82) is 0 Å². The summed E-state index contributed by atoms with van der Waals surface area (Å²) in [5.41, 5.74) is 1.16. The maximum Gasteiger partial charge on any atom is 0.282 e. The molecule has 1 heterocycles. The summed E-state index contributed by atoms with van der Waals surface area (Å²) in [6.45, 7) is 4.08. The van der Waals surface area contributed by atoms with E-state index >= 15 is 0 Å². The average Bonchev–Trinajstić information content (AvgIpc) is 2.72. The highest BCUT2D eigenvalue weighted by atomic mass is 16.5. The van der Waals surface area contributed by atoms with Crippen molar-refractivity contribution in [3.63, 3.8) is 0 Å². The first-order valence-corrected chi connectivity index (χ1v) is 5.39. The smallest absolute Gasteiger partial charge is 0.282 e. The fourth-order valence-electron chi connectivity index (χ4n) is 1.49. The van der Waals surface area contributed by atoms with Gasteiger partial charge in [0.2, 0.25) is 5.88 Å². The SMILES string of the molecule is CCOc1c(C)nnn1C(=O)c1ccccc1. The third-order valence-electron chi connectivity index (χ3n) is 2.28. The second kappa shape index (κ2) is 4.78. The van der Waals surface area contributed by atoms with Crippen LogP contribution in [-0.2, 0) is 0 Å². The molecule has 0 aliphatic carbocycles. The molecular weight excluding hydrogens is 218 g/mol. The summed E-state index contributed by atoms with van der Waals surface area (Å²) in [5.74, 6) is 0.163. The molecule has 0 bridgehead atoms.